The Bertz CT molecular complexity index is 761. The van der Waals surface area contributed by atoms with Gasteiger partial charge in [0.2, 0.25) is 15.9 Å². The zero-order valence-electron chi connectivity index (χ0n) is 12.3. The summed E-state index contributed by atoms with van der Waals surface area (Å²) >= 11 is 1.45. The van der Waals surface area contributed by atoms with E-state index in [4.69, 9.17) is 5.14 Å². The van der Waals surface area contributed by atoms with Crippen molar-refractivity contribution in [3.63, 3.8) is 0 Å². The molecule has 2 rings (SSSR count). The first-order chi connectivity index (χ1) is 10.3. The number of nitrogens with zero attached hydrogens (tertiary/aromatic N) is 1. The number of thiazole rings is 1. The summed E-state index contributed by atoms with van der Waals surface area (Å²) in [5.41, 5.74) is 1.79. The minimum atomic E-state index is -3.68. The minimum Gasteiger partial charge on any atom is -0.302 e. The molecule has 1 aromatic heterocycles. The number of aromatic nitrogens is 1. The normalized spacial score (nSPS) is 11.4. The standard InChI is InChI=1S/C14H17N3O3S2/c1-9-10(2)21-14(16-9)17-13(18)8-5-11-3-6-12(7-4-11)22(15,19)20/h3-4,6-7H,5,8H2,1-2H3,(H2,15,19,20)(H,16,17,18). The molecule has 0 aliphatic rings. The lowest BCUT2D eigenvalue weighted by Crippen LogP contribution is -2.13. The van der Waals surface area contributed by atoms with E-state index in [1.165, 1.54) is 23.5 Å². The first-order valence-corrected chi connectivity index (χ1v) is 8.97. The zero-order valence-corrected chi connectivity index (χ0v) is 13.9. The van der Waals surface area contributed by atoms with E-state index in [2.05, 4.69) is 10.3 Å². The number of nitrogens with two attached hydrogens (primary N) is 1. The van der Waals surface area contributed by atoms with Gasteiger partial charge in [-0.15, -0.1) is 11.3 Å². The number of primary sulfonamides is 1. The molecule has 0 spiro atoms. The van der Waals surface area contributed by atoms with Gasteiger partial charge in [-0.2, -0.15) is 0 Å². The fourth-order valence-corrected chi connectivity index (χ4v) is 3.16. The average Bonchev–Trinajstić information content (AvgIpc) is 2.74. The fraction of sp³-hybridized carbons (Fsp3) is 0.286. The summed E-state index contributed by atoms with van der Waals surface area (Å²) in [5.74, 6) is -0.121. The number of rotatable bonds is 5. The molecule has 0 fully saturated rings. The van der Waals surface area contributed by atoms with E-state index in [-0.39, 0.29) is 10.8 Å². The Balaban J connectivity index is 1.91. The van der Waals surface area contributed by atoms with E-state index in [9.17, 15) is 13.2 Å². The molecule has 0 unspecified atom stereocenters. The summed E-state index contributed by atoms with van der Waals surface area (Å²) < 4.78 is 22.3. The van der Waals surface area contributed by atoms with Gasteiger partial charge < -0.3 is 5.32 Å². The molecule has 1 heterocycles. The molecule has 118 valence electrons. The predicted octanol–water partition coefficient (Wildman–Crippen LogP) is 1.98. The second kappa shape index (κ2) is 6.55. The smallest absolute Gasteiger partial charge is 0.238 e. The molecule has 0 saturated carbocycles. The molecule has 0 atom stereocenters. The lowest BCUT2D eigenvalue weighted by atomic mass is 10.1. The molecule has 0 aliphatic carbocycles. The third-order valence-corrected chi connectivity index (χ3v) is 5.09. The Kier molecular flexibility index (Phi) is 4.94. The van der Waals surface area contributed by atoms with Crippen molar-refractivity contribution >= 4 is 32.4 Å². The van der Waals surface area contributed by atoms with Crippen LogP contribution in [0.4, 0.5) is 5.13 Å². The number of benzene rings is 1. The van der Waals surface area contributed by atoms with Crippen LogP contribution in [0.5, 0.6) is 0 Å². The molecule has 0 saturated heterocycles. The fourth-order valence-electron chi connectivity index (χ4n) is 1.81. The van der Waals surface area contributed by atoms with Crippen molar-refractivity contribution in [3.05, 3.63) is 40.4 Å². The van der Waals surface area contributed by atoms with Gasteiger partial charge in [-0.25, -0.2) is 18.5 Å². The van der Waals surface area contributed by atoms with Crippen molar-refractivity contribution < 1.29 is 13.2 Å². The minimum absolute atomic E-state index is 0.0643. The van der Waals surface area contributed by atoms with E-state index < -0.39 is 10.0 Å². The highest BCUT2D eigenvalue weighted by Crippen LogP contribution is 2.21. The van der Waals surface area contributed by atoms with Crippen LogP contribution in [-0.4, -0.2) is 19.3 Å². The highest BCUT2D eigenvalue weighted by atomic mass is 32.2. The SMILES string of the molecule is Cc1nc(NC(=O)CCc2ccc(S(N)(=O)=O)cc2)sc1C. The van der Waals surface area contributed by atoms with E-state index >= 15 is 0 Å². The van der Waals surface area contributed by atoms with Crippen molar-refractivity contribution in [1.29, 1.82) is 0 Å². The third-order valence-electron chi connectivity index (χ3n) is 3.17. The molecule has 1 aromatic carbocycles. The molecule has 6 nitrogen and oxygen atoms in total. The van der Waals surface area contributed by atoms with Crippen molar-refractivity contribution in [2.75, 3.05) is 5.32 Å². The molecule has 22 heavy (non-hydrogen) atoms. The Morgan fingerprint density at radius 1 is 1.27 bits per heavy atom. The number of carbonyl (C=O) groups is 1. The van der Waals surface area contributed by atoms with Crippen LogP contribution in [-0.2, 0) is 21.2 Å². The quantitative estimate of drug-likeness (QED) is 0.869. The molecule has 3 N–H and O–H groups in total. The summed E-state index contributed by atoms with van der Waals surface area (Å²) in [6, 6.07) is 6.20. The monoisotopic (exact) mass is 339 g/mol. The molecule has 1 amide bonds. The van der Waals surface area contributed by atoms with Gasteiger partial charge in [-0.05, 0) is 38.0 Å². The maximum Gasteiger partial charge on any atom is 0.238 e. The van der Waals surface area contributed by atoms with E-state index in [1.54, 1.807) is 12.1 Å². The van der Waals surface area contributed by atoms with Gasteiger partial charge in [0.05, 0.1) is 10.6 Å². The Morgan fingerprint density at radius 2 is 1.91 bits per heavy atom. The second-order valence-corrected chi connectivity index (χ2v) is 7.66. The molecule has 2 aromatic rings. The Labute approximate surface area is 133 Å². The maximum atomic E-state index is 11.9. The van der Waals surface area contributed by atoms with Gasteiger partial charge >= 0.3 is 0 Å². The van der Waals surface area contributed by atoms with Gasteiger partial charge in [0, 0.05) is 11.3 Å². The first kappa shape index (κ1) is 16.6. The Morgan fingerprint density at radius 3 is 2.41 bits per heavy atom. The van der Waals surface area contributed by atoms with Crippen molar-refractivity contribution in [3.8, 4) is 0 Å². The number of carbonyl (C=O) groups excluding carboxylic acids is 1. The van der Waals surface area contributed by atoms with Crippen LogP contribution in [0.1, 0.15) is 22.6 Å². The van der Waals surface area contributed by atoms with Crippen LogP contribution in [0.2, 0.25) is 0 Å². The number of hydrogen-bond acceptors (Lipinski definition) is 5. The van der Waals surface area contributed by atoms with Gasteiger partial charge in [0.25, 0.3) is 0 Å². The third kappa shape index (κ3) is 4.36. The summed E-state index contributed by atoms with van der Waals surface area (Å²) in [7, 11) is -3.68. The van der Waals surface area contributed by atoms with Crippen LogP contribution in [0.3, 0.4) is 0 Å². The summed E-state index contributed by atoms with van der Waals surface area (Å²) in [6.45, 7) is 3.85. The molecule has 8 heteroatoms. The largest absolute Gasteiger partial charge is 0.302 e. The van der Waals surface area contributed by atoms with E-state index in [0.717, 1.165) is 16.1 Å². The number of hydrogen-bond donors (Lipinski definition) is 2. The first-order valence-electron chi connectivity index (χ1n) is 6.61. The van der Waals surface area contributed by atoms with Gasteiger partial charge in [0.1, 0.15) is 0 Å². The van der Waals surface area contributed by atoms with Gasteiger partial charge in [-0.1, -0.05) is 12.1 Å². The zero-order chi connectivity index (χ0) is 16.3. The van der Waals surface area contributed by atoms with E-state index in [0.29, 0.717) is 18.0 Å². The number of amides is 1. The molecular weight excluding hydrogens is 322 g/mol. The van der Waals surface area contributed by atoms with E-state index in [1.807, 2.05) is 13.8 Å². The number of anilines is 1. The topological polar surface area (TPSA) is 102 Å². The van der Waals surface area contributed by atoms with Crippen LogP contribution in [0, 0.1) is 13.8 Å². The molecule has 0 bridgehead atoms. The van der Waals surface area contributed by atoms with Crippen LogP contribution in [0.15, 0.2) is 29.2 Å². The van der Waals surface area contributed by atoms with Crippen molar-refractivity contribution in [2.24, 2.45) is 5.14 Å². The van der Waals surface area contributed by atoms with Gasteiger partial charge in [-0.3, -0.25) is 4.79 Å². The average molecular weight is 339 g/mol. The summed E-state index contributed by atoms with van der Waals surface area (Å²) in [5, 5.41) is 8.39. The number of nitrogens with one attached hydrogen (secondary N) is 1. The maximum absolute atomic E-state index is 11.9. The lowest BCUT2D eigenvalue weighted by Gasteiger charge is -2.03. The van der Waals surface area contributed by atoms with Crippen LogP contribution < -0.4 is 10.5 Å². The summed E-state index contributed by atoms with van der Waals surface area (Å²) in [4.78, 5) is 17.3. The lowest BCUT2D eigenvalue weighted by molar-refractivity contribution is -0.116. The van der Waals surface area contributed by atoms with Crippen molar-refractivity contribution in [1.82, 2.24) is 4.98 Å². The van der Waals surface area contributed by atoms with Crippen molar-refractivity contribution in [2.45, 2.75) is 31.6 Å². The second-order valence-electron chi connectivity index (χ2n) is 4.90. The Hall–Kier alpha value is -1.77. The molecule has 0 aliphatic heterocycles. The van der Waals surface area contributed by atoms with Gasteiger partial charge in [0.15, 0.2) is 5.13 Å². The number of sulfonamides is 1. The van der Waals surface area contributed by atoms with Crippen LogP contribution in [0.25, 0.3) is 0 Å². The highest BCUT2D eigenvalue weighted by Gasteiger charge is 2.09. The highest BCUT2D eigenvalue weighted by molar-refractivity contribution is 7.89. The number of aryl methyl sites for hydroxylation is 3. The molecular formula is C14H17N3O3S2. The van der Waals surface area contributed by atoms with Crippen LogP contribution >= 0.6 is 11.3 Å². The molecule has 0 radical (unpaired) electrons. The predicted molar refractivity (Wildman–Crippen MR) is 86.4 cm³/mol. The summed E-state index contributed by atoms with van der Waals surface area (Å²) in [6.07, 6.45) is 0.812.